The second-order valence-electron chi connectivity index (χ2n) is 7.34. The lowest BCUT2D eigenvalue weighted by Crippen LogP contribution is -2.37. The van der Waals surface area contributed by atoms with Crippen molar-refractivity contribution >= 4 is 41.1 Å². The van der Waals surface area contributed by atoms with Crippen molar-refractivity contribution in [3.8, 4) is 11.8 Å². The standard InChI is InChI=1S/C23H24N6O2S2/c1-17-5-4-6-18(15-17)29-22(28-10-12-31-13-11-28)26-27-23(29)33-16-21(30)25-19-7-2-3-8-20(19)32-14-9-24/h2-8,15H,10-14,16H2,1H3,(H,25,30). The third kappa shape index (κ3) is 5.87. The van der Waals surface area contributed by atoms with Crippen molar-refractivity contribution < 1.29 is 9.53 Å². The predicted octanol–water partition coefficient (Wildman–Crippen LogP) is 3.76. The van der Waals surface area contributed by atoms with Gasteiger partial charge in [-0.2, -0.15) is 5.26 Å². The lowest BCUT2D eigenvalue weighted by Gasteiger charge is -2.28. The van der Waals surface area contributed by atoms with Crippen LogP contribution in [0.15, 0.2) is 58.6 Å². The summed E-state index contributed by atoms with van der Waals surface area (Å²) in [6, 6.07) is 17.8. The summed E-state index contributed by atoms with van der Waals surface area (Å²) in [5.41, 5.74) is 2.80. The summed E-state index contributed by atoms with van der Waals surface area (Å²) < 4.78 is 7.49. The predicted molar refractivity (Wildman–Crippen MR) is 131 cm³/mol. The first kappa shape index (κ1) is 23.2. The molecule has 1 aliphatic rings. The van der Waals surface area contributed by atoms with E-state index < -0.39 is 0 Å². The highest BCUT2D eigenvalue weighted by atomic mass is 32.2. The maximum atomic E-state index is 12.7. The summed E-state index contributed by atoms with van der Waals surface area (Å²) in [4.78, 5) is 15.8. The number of nitriles is 1. The van der Waals surface area contributed by atoms with Crippen molar-refractivity contribution in [2.75, 3.05) is 48.0 Å². The first-order chi connectivity index (χ1) is 16.2. The molecule has 2 heterocycles. The second kappa shape index (κ2) is 11.2. The molecule has 0 atom stereocenters. The zero-order chi connectivity index (χ0) is 23.0. The van der Waals surface area contributed by atoms with E-state index in [4.69, 9.17) is 10.00 Å². The van der Waals surface area contributed by atoms with Gasteiger partial charge in [0.15, 0.2) is 5.16 Å². The van der Waals surface area contributed by atoms with Gasteiger partial charge in [0, 0.05) is 18.0 Å². The Morgan fingerprint density at radius 1 is 1.15 bits per heavy atom. The fraction of sp³-hybridized carbons (Fsp3) is 0.304. The van der Waals surface area contributed by atoms with E-state index in [9.17, 15) is 4.79 Å². The molecule has 0 saturated carbocycles. The summed E-state index contributed by atoms with van der Waals surface area (Å²) >= 11 is 2.74. The van der Waals surface area contributed by atoms with Gasteiger partial charge in [0.1, 0.15) is 0 Å². The minimum absolute atomic E-state index is 0.142. The van der Waals surface area contributed by atoms with Gasteiger partial charge in [0.25, 0.3) is 0 Å². The largest absolute Gasteiger partial charge is 0.378 e. The SMILES string of the molecule is Cc1cccc(-n2c(SCC(=O)Nc3ccccc3SCC#N)nnc2N2CCOCC2)c1. The zero-order valence-corrected chi connectivity index (χ0v) is 19.9. The lowest BCUT2D eigenvalue weighted by molar-refractivity contribution is -0.113. The Kier molecular flexibility index (Phi) is 7.88. The topological polar surface area (TPSA) is 96.1 Å². The number of nitrogens with one attached hydrogen (secondary N) is 1. The third-order valence-electron chi connectivity index (χ3n) is 4.96. The number of morpholine rings is 1. The lowest BCUT2D eigenvalue weighted by atomic mass is 10.2. The molecule has 0 aliphatic carbocycles. The molecule has 0 radical (unpaired) electrons. The molecule has 4 rings (SSSR count). The fourth-order valence-electron chi connectivity index (χ4n) is 3.44. The van der Waals surface area contributed by atoms with Gasteiger partial charge in [-0.1, -0.05) is 36.0 Å². The van der Waals surface area contributed by atoms with Crippen molar-refractivity contribution in [1.29, 1.82) is 5.26 Å². The van der Waals surface area contributed by atoms with Gasteiger partial charge in [-0.05, 0) is 36.8 Å². The molecule has 0 bridgehead atoms. The summed E-state index contributed by atoms with van der Waals surface area (Å²) in [6.45, 7) is 4.83. The highest BCUT2D eigenvalue weighted by Crippen LogP contribution is 2.29. The van der Waals surface area contributed by atoms with E-state index in [1.807, 2.05) is 54.0 Å². The average Bonchev–Trinajstić information content (AvgIpc) is 3.27. The van der Waals surface area contributed by atoms with E-state index >= 15 is 0 Å². The van der Waals surface area contributed by atoms with Gasteiger partial charge >= 0.3 is 0 Å². The molecular formula is C23H24N6O2S2. The molecule has 1 aliphatic heterocycles. The number of amides is 1. The van der Waals surface area contributed by atoms with Crippen LogP contribution < -0.4 is 10.2 Å². The summed E-state index contributed by atoms with van der Waals surface area (Å²) in [5.74, 6) is 1.12. The Labute approximate surface area is 201 Å². The van der Waals surface area contributed by atoms with Gasteiger partial charge in [0.2, 0.25) is 11.9 Å². The van der Waals surface area contributed by atoms with Crippen LogP contribution in [0.5, 0.6) is 0 Å². The second-order valence-corrected chi connectivity index (χ2v) is 9.30. The molecule has 8 nitrogen and oxygen atoms in total. The van der Waals surface area contributed by atoms with Crippen LogP contribution in [0.3, 0.4) is 0 Å². The first-order valence-corrected chi connectivity index (χ1v) is 12.5. The number of para-hydroxylation sites is 1. The normalized spacial score (nSPS) is 13.5. The number of carbonyl (C=O) groups excluding carboxylic acids is 1. The number of anilines is 2. The van der Waals surface area contributed by atoms with E-state index in [2.05, 4.69) is 32.5 Å². The number of hydrogen-bond donors (Lipinski definition) is 1. The average molecular weight is 481 g/mol. The van der Waals surface area contributed by atoms with E-state index in [-0.39, 0.29) is 11.7 Å². The molecule has 1 saturated heterocycles. The van der Waals surface area contributed by atoms with Crippen molar-refractivity contribution in [3.05, 3.63) is 54.1 Å². The summed E-state index contributed by atoms with van der Waals surface area (Å²) in [7, 11) is 0. The molecule has 0 spiro atoms. The number of benzene rings is 2. The van der Waals surface area contributed by atoms with E-state index in [0.717, 1.165) is 35.2 Å². The number of rotatable bonds is 8. The Morgan fingerprint density at radius 3 is 2.76 bits per heavy atom. The number of aromatic nitrogens is 3. The number of nitrogens with zero attached hydrogens (tertiary/aromatic N) is 5. The molecule has 170 valence electrons. The highest BCUT2D eigenvalue weighted by molar-refractivity contribution is 8.00. The maximum Gasteiger partial charge on any atom is 0.234 e. The van der Waals surface area contributed by atoms with Crippen molar-refractivity contribution in [2.45, 2.75) is 17.0 Å². The molecule has 1 fully saturated rings. The van der Waals surface area contributed by atoms with Crippen LogP contribution >= 0.6 is 23.5 Å². The van der Waals surface area contributed by atoms with Gasteiger partial charge in [0.05, 0.1) is 42.2 Å². The number of hydrogen-bond acceptors (Lipinski definition) is 8. The molecule has 10 heteroatoms. The number of ether oxygens (including phenoxy) is 1. The van der Waals surface area contributed by atoms with Crippen LogP contribution in [0, 0.1) is 18.3 Å². The van der Waals surface area contributed by atoms with Gasteiger partial charge in [-0.15, -0.1) is 22.0 Å². The van der Waals surface area contributed by atoms with Gasteiger partial charge < -0.3 is 15.0 Å². The molecule has 1 amide bonds. The van der Waals surface area contributed by atoms with Crippen molar-refractivity contribution in [1.82, 2.24) is 14.8 Å². The van der Waals surface area contributed by atoms with Crippen molar-refractivity contribution in [2.24, 2.45) is 0 Å². The maximum absolute atomic E-state index is 12.7. The molecule has 2 aromatic carbocycles. The Balaban J connectivity index is 1.52. The van der Waals surface area contributed by atoms with E-state index in [1.165, 1.54) is 23.5 Å². The summed E-state index contributed by atoms with van der Waals surface area (Å²) in [6.07, 6.45) is 0. The van der Waals surface area contributed by atoms with Crippen LogP contribution in [0.1, 0.15) is 5.56 Å². The van der Waals surface area contributed by atoms with Gasteiger partial charge in [-0.3, -0.25) is 9.36 Å². The Bertz CT molecular complexity index is 1150. The quantitative estimate of drug-likeness (QED) is 0.487. The Morgan fingerprint density at radius 2 is 1.97 bits per heavy atom. The minimum Gasteiger partial charge on any atom is -0.378 e. The third-order valence-corrected chi connectivity index (χ3v) is 6.83. The number of aryl methyl sites for hydroxylation is 1. The minimum atomic E-state index is -0.142. The molecule has 1 N–H and O–H groups in total. The fourth-order valence-corrected chi connectivity index (χ4v) is 4.86. The molecule has 33 heavy (non-hydrogen) atoms. The number of carbonyl (C=O) groups is 1. The van der Waals surface area contributed by atoms with E-state index in [0.29, 0.717) is 29.8 Å². The first-order valence-electron chi connectivity index (χ1n) is 10.5. The van der Waals surface area contributed by atoms with E-state index in [1.54, 1.807) is 0 Å². The van der Waals surface area contributed by atoms with Crippen LogP contribution in [0.4, 0.5) is 11.6 Å². The van der Waals surface area contributed by atoms with Crippen LogP contribution in [0.25, 0.3) is 5.69 Å². The van der Waals surface area contributed by atoms with Crippen LogP contribution in [0.2, 0.25) is 0 Å². The van der Waals surface area contributed by atoms with Crippen LogP contribution in [-0.4, -0.2) is 58.5 Å². The van der Waals surface area contributed by atoms with Gasteiger partial charge in [-0.25, -0.2) is 0 Å². The molecule has 3 aromatic rings. The van der Waals surface area contributed by atoms with Crippen molar-refractivity contribution in [3.63, 3.8) is 0 Å². The zero-order valence-electron chi connectivity index (χ0n) is 18.2. The molecule has 0 unspecified atom stereocenters. The molecule has 1 aromatic heterocycles. The number of thioether (sulfide) groups is 2. The highest BCUT2D eigenvalue weighted by Gasteiger charge is 2.22. The monoisotopic (exact) mass is 480 g/mol. The Hall–Kier alpha value is -3.00. The summed E-state index contributed by atoms with van der Waals surface area (Å²) in [5, 5.41) is 21.3. The molecular weight excluding hydrogens is 456 g/mol. The smallest absolute Gasteiger partial charge is 0.234 e. The van der Waals surface area contributed by atoms with Crippen LogP contribution in [-0.2, 0) is 9.53 Å².